The maximum atomic E-state index is 6.29. The molecule has 0 aromatic heterocycles. The lowest BCUT2D eigenvalue weighted by atomic mass is 10.0. The van der Waals surface area contributed by atoms with Gasteiger partial charge in [0.2, 0.25) is 0 Å². The van der Waals surface area contributed by atoms with Crippen LogP contribution in [0.5, 0.6) is 5.75 Å². The van der Waals surface area contributed by atoms with Crippen LogP contribution in [0.15, 0.2) is 46.9 Å². The number of hydrogen-bond donors (Lipinski definition) is 1. The smallest absolute Gasteiger partial charge is 0.124 e. The molecule has 0 fully saturated rings. The van der Waals surface area contributed by atoms with E-state index >= 15 is 0 Å². The van der Waals surface area contributed by atoms with Crippen molar-refractivity contribution in [1.82, 2.24) is 0 Å². The highest BCUT2D eigenvalue weighted by Crippen LogP contribution is 2.28. The van der Waals surface area contributed by atoms with E-state index in [9.17, 15) is 0 Å². The Morgan fingerprint density at radius 3 is 2.71 bits per heavy atom. The van der Waals surface area contributed by atoms with Gasteiger partial charge in [0.15, 0.2) is 0 Å². The largest absolute Gasteiger partial charge is 0.489 e. The quantitative estimate of drug-likeness (QED) is 0.782. The van der Waals surface area contributed by atoms with Crippen LogP contribution >= 0.6 is 27.5 Å². The first kappa shape index (κ1) is 16.3. The fraction of sp³-hybridized carbons (Fsp3) is 0.294. The summed E-state index contributed by atoms with van der Waals surface area (Å²) < 4.78 is 6.99. The molecule has 0 radical (unpaired) electrons. The molecule has 0 aliphatic heterocycles. The number of halogens is 2. The van der Waals surface area contributed by atoms with Crippen molar-refractivity contribution in [3.05, 3.63) is 63.1 Å². The van der Waals surface area contributed by atoms with Gasteiger partial charge in [0.25, 0.3) is 0 Å². The lowest BCUT2D eigenvalue weighted by molar-refractivity contribution is 0.302. The Balaban J connectivity index is 2.14. The lowest BCUT2D eigenvalue weighted by Gasteiger charge is -2.16. The minimum atomic E-state index is 0.0955. The second-order valence-corrected chi connectivity index (χ2v) is 6.33. The van der Waals surface area contributed by atoms with Crippen molar-refractivity contribution in [3.8, 4) is 5.75 Å². The van der Waals surface area contributed by atoms with Gasteiger partial charge in [-0.05, 0) is 42.7 Å². The average molecular weight is 369 g/mol. The van der Waals surface area contributed by atoms with Gasteiger partial charge in [-0.1, -0.05) is 52.7 Å². The Hall–Kier alpha value is -1.03. The summed E-state index contributed by atoms with van der Waals surface area (Å²) in [6.45, 7) is 2.58. The predicted octanol–water partition coefficient (Wildman–Crippen LogP) is 4.96. The van der Waals surface area contributed by atoms with Crippen molar-refractivity contribution < 1.29 is 4.74 Å². The van der Waals surface area contributed by atoms with Crippen molar-refractivity contribution in [2.45, 2.75) is 32.4 Å². The molecule has 1 unspecified atom stereocenters. The zero-order valence-corrected chi connectivity index (χ0v) is 14.3. The molecule has 2 N–H and O–H groups in total. The van der Waals surface area contributed by atoms with E-state index in [1.54, 1.807) is 0 Å². The van der Waals surface area contributed by atoms with E-state index in [0.717, 1.165) is 34.2 Å². The minimum absolute atomic E-state index is 0.0955. The highest BCUT2D eigenvalue weighted by Gasteiger charge is 2.12. The fourth-order valence-corrected chi connectivity index (χ4v) is 2.76. The third-order valence-electron chi connectivity index (χ3n) is 3.35. The van der Waals surface area contributed by atoms with Gasteiger partial charge in [-0.3, -0.25) is 0 Å². The molecular weight excluding hydrogens is 350 g/mol. The van der Waals surface area contributed by atoms with E-state index in [1.165, 1.54) is 0 Å². The van der Waals surface area contributed by atoms with Gasteiger partial charge in [0.1, 0.15) is 12.4 Å². The zero-order valence-electron chi connectivity index (χ0n) is 12.0. The molecule has 0 bridgehead atoms. The standard InChI is InChI=1S/C17H19BrClNO/c1-2-14(20)10-15-16(19)7-4-8-17(15)21-11-12-5-3-6-13(18)9-12/h3-9,14H,2,10-11,20H2,1H3. The van der Waals surface area contributed by atoms with Crippen molar-refractivity contribution in [2.24, 2.45) is 5.73 Å². The second-order valence-electron chi connectivity index (χ2n) is 5.01. The van der Waals surface area contributed by atoms with Gasteiger partial charge in [-0.2, -0.15) is 0 Å². The summed E-state index contributed by atoms with van der Waals surface area (Å²) in [7, 11) is 0. The van der Waals surface area contributed by atoms with Crippen molar-refractivity contribution in [2.75, 3.05) is 0 Å². The van der Waals surface area contributed by atoms with Gasteiger partial charge >= 0.3 is 0 Å². The van der Waals surface area contributed by atoms with Gasteiger partial charge in [-0.15, -0.1) is 0 Å². The fourth-order valence-electron chi connectivity index (χ4n) is 2.07. The van der Waals surface area contributed by atoms with Crippen LogP contribution in [-0.2, 0) is 13.0 Å². The third-order valence-corrected chi connectivity index (χ3v) is 4.20. The number of benzene rings is 2. The molecule has 1 atom stereocenters. The van der Waals surface area contributed by atoms with E-state index in [0.29, 0.717) is 11.6 Å². The molecule has 21 heavy (non-hydrogen) atoms. The summed E-state index contributed by atoms with van der Waals surface area (Å²) in [6, 6.07) is 13.9. The first-order valence-electron chi connectivity index (χ1n) is 7.00. The van der Waals surface area contributed by atoms with Crippen LogP contribution in [0.1, 0.15) is 24.5 Å². The predicted molar refractivity (Wildman–Crippen MR) is 91.9 cm³/mol. The zero-order chi connectivity index (χ0) is 15.2. The number of rotatable bonds is 6. The molecule has 4 heteroatoms. The Morgan fingerprint density at radius 2 is 2.00 bits per heavy atom. The molecule has 2 aromatic carbocycles. The van der Waals surface area contributed by atoms with Gasteiger partial charge in [0, 0.05) is 21.1 Å². The monoisotopic (exact) mass is 367 g/mol. The van der Waals surface area contributed by atoms with E-state index < -0.39 is 0 Å². The van der Waals surface area contributed by atoms with Crippen LogP contribution < -0.4 is 10.5 Å². The first-order valence-corrected chi connectivity index (χ1v) is 8.17. The molecule has 0 aliphatic carbocycles. The van der Waals surface area contributed by atoms with Crippen LogP contribution in [0.25, 0.3) is 0 Å². The molecule has 112 valence electrons. The summed E-state index contributed by atoms with van der Waals surface area (Å²) >= 11 is 9.76. The summed E-state index contributed by atoms with van der Waals surface area (Å²) in [5.74, 6) is 0.811. The molecule has 2 aromatic rings. The van der Waals surface area contributed by atoms with Crippen LogP contribution in [0.2, 0.25) is 5.02 Å². The topological polar surface area (TPSA) is 35.2 Å². The maximum absolute atomic E-state index is 6.29. The maximum Gasteiger partial charge on any atom is 0.124 e. The van der Waals surface area contributed by atoms with Crippen LogP contribution in [-0.4, -0.2) is 6.04 Å². The van der Waals surface area contributed by atoms with E-state index in [1.807, 2.05) is 42.5 Å². The van der Waals surface area contributed by atoms with E-state index in [4.69, 9.17) is 22.1 Å². The van der Waals surface area contributed by atoms with Gasteiger partial charge < -0.3 is 10.5 Å². The highest BCUT2D eigenvalue weighted by atomic mass is 79.9. The number of ether oxygens (including phenoxy) is 1. The van der Waals surface area contributed by atoms with Crippen molar-refractivity contribution in [1.29, 1.82) is 0 Å². The molecule has 0 spiro atoms. The van der Waals surface area contributed by atoms with Gasteiger partial charge in [-0.25, -0.2) is 0 Å². The summed E-state index contributed by atoms with van der Waals surface area (Å²) in [6.07, 6.45) is 1.64. The SMILES string of the molecule is CCC(N)Cc1c(Cl)cccc1OCc1cccc(Br)c1. The molecule has 0 heterocycles. The van der Waals surface area contributed by atoms with Gasteiger partial charge in [0.05, 0.1) is 0 Å². The van der Waals surface area contributed by atoms with E-state index in [-0.39, 0.29) is 6.04 Å². The van der Waals surface area contributed by atoms with Crippen LogP contribution in [0, 0.1) is 0 Å². The molecule has 0 amide bonds. The Kier molecular flexibility index (Phi) is 6.09. The van der Waals surface area contributed by atoms with Crippen molar-refractivity contribution >= 4 is 27.5 Å². The Morgan fingerprint density at radius 1 is 1.24 bits per heavy atom. The highest BCUT2D eigenvalue weighted by molar-refractivity contribution is 9.10. The molecule has 0 saturated carbocycles. The molecule has 0 saturated heterocycles. The number of hydrogen-bond acceptors (Lipinski definition) is 2. The van der Waals surface area contributed by atoms with Crippen molar-refractivity contribution in [3.63, 3.8) is 0 Å². The summed E-state index contributed by atoms with van der Waals surface area (Å²) in [5, 5.41) is 0.714. The molecular formula is C17H19BrClNO. The van der Waals surface area contributed by atoms with Crippen LogP contribution in [0.4, 0.5) is 0 Å². The third kappa shape index (κ3) is 4.73. The number of nitrogens with two attached hydrogens (primary N) is 1. The Bertz CT molecular complexity index is 603. The van der Waals surface area contributed by atoms with Crippen LogP contribution in [0.3, 0.4) is 0 Å². The Labute approximate surface area is 139 Å². The normalized spacial score (nSPS) is 12.2. The molecule has 2 rings (SSSR count). The first-order chi connectivity index (χ1) is 10.1. The summed E-state index contributed by atoms with van der Waals surface area (Å²) in [4.78, 5) is 0. The van der Waals surface area contributed by atoms with E-state index in [2.05, 4.69) is 22.9 Å². The minimum Gasteiger partial charge on any atom is -0.489 e. The lowest BCUT2D eigenvalue weighted by Crippen LogP contribution is -2.22. The summed E-state index contributed by atoms with van der Waals surface area (Å²) in [5.41, 5.74) is 8.15. The average Bonchev–Trinajstić information content (AvgIpc) is 2.47. The molecule has 0 aliphatic rings. The molecule has 2 nitrogen and oxygen atoms in total. The second kappa shape index (κ2) is 7.83.